The Hall–Kier alpha value is -1.31. The van der Waals surface area contributed by atoms with Crippen LogP contribution in [0.1, 0.15) is 38.7 Å². The van der Waals surface area contributed by atoms with Crippen LogP contribution < -0.4 is 0 Å². The zero-order valence-electron chi connectivity index (χ0n) is 10.3. The van der Waals surface area contributed by atoms with Crippen molar-refractivity contribution in [2.24, 2.45) is 5.92 Å². The predicted octanol–water partition coefficient (Wildman–Crippen LogP) is 3.38. The lowest BCUT2D eigenvalue weighted by molar-refractivity contribution is -0.146. The smallest absolute Gasteiger partial charge is 0.313 e. The van der Waals surface area contributed by atoms with E-state index in [1.54, 1.807) is 0 Å². The van der Waals surface area contributed by atoms with Crippen LogP contribution >= 0.6 is 0 Å². The minimum Gasteiger partial charge on any atom is -0.465 e. The van der Waals surface area contributed by atoms with Crippen LogP contribution in [-0.4, -0.2) is 12.6 Å². The van der Waals surface area contributed by atoms with E-state index < -0.39 is 0 Å². The predicted molar refractivity (Wildman–Crippen MR) is 65.3 cm³/mol. The average molecular weight is 220 g/mol. The lowest BCUT2D eigenvalue weighted by atomic mass is 10.0. The van der Waals surface area contributed by atoms with Crippen LogP contribution in [-0.2, 0) is 9.53 Å². The van der Waals surface area contributed by atoms with Crippen molar-refractivity contribution in [2.75, 3.05) is 6.61 Å². The van der Waals surface area contributed by atoms with E-state index in [2.05, 4.69) is 13.8 Å². The van der Waals surface area contributed by atoms with Gasteiger partial charge in [0.05, 0.1) is 12.5 Å². The highest BCUT2D eigenvalue weighted by Gasteiger charge is 2.16. The standard InChI is InChI=1S/C14H20O2/c1-4-11(2)10-16-14(15)12(3)13-8-6-5-7-9-13/h5-9,11-12H,4,10H2,1-3H3. The van der Waals surface area contributed by atoms with Crippen LogP contribution in [0.5, 0.6) is 0 Å². The van der Waals surface area contributed by atoms with Crippen molar-refractivity contribution in [1.82, 2.24) is 0 Å². The van der Waals surface area contributed by atoms with Gasteiger partial charge in [-0.2, -0.15) is 0 Å². The van der Waals surface area contributed by atoms with E-state index in [0.29, 0.717) is 12.5 Å². The molecule has 0 heterocycles. The summed E-state index contributed by atoms with van der Waals surface area (Å²) in [5, 5.41) is 0. The van der Waals surface area contributed by atoms with E-state index in [1.165, 1.54) is 0 Å². The Morgan fingerprint density at radius 1 is 1.25 bits per heavy atom. The molecule has 0 aliphatic rings. The Labute approximate surface area is 97.6 Å². The van der Waals surface area contributed by atoms with Crippen molar-refractivity contribution in [2.45, 2.75) is 33.1 Å². The Morgan fingerprint density at radius 2 is 1.88 bits per heavy atom. The quantitative estimate of drug-likeness (QED) is 0.711. The highest BCUT2D eigenvalue weighted by molar-refractivity contribution is 5.77. The molecule has 0 saturated carbocycles. The molecular weight excluding hydrogens is 200 g/mol. The fourth-order valence-electron chi connectivity index (χ4n) is 1.35. The lowest BCUT2D eigenvalue weighted by Gasteiger charge is -2.14. The molecule has 0 bridgehead atoms. The van der Waals surface area contributed by atoms with Crippen molar-refractivity contribution in [3.63, 3.8) is 0 Å². The largest absolute Gasteiger partial charge is 0.465 e. The normalized spacial score (nSPS) is 14.2. The van der Waals surface area contributed by atoms with E-state index in [9.17, 15) is 4.79 Å². The fraction of sp³-hybridized carbons (Fsp3) is 0.500. The van der Waals surface area contributed by atoms with E-state index in [1.807, 2.05) is 37.3 Å². The van der Waals surface area contributed by atoms with Gasteiger partial charge in [0.1, 0.15) is 0 Å². The first kappa shape index (κ1) is 12.8. The molecule has 1 aromatic rings. The number of hydrogen-bond acceptors (Lipinski definition) is 2. The summed E-state index contributed by atoms with van der Waals surface area (Å²) in [5.41, 5.74) is 1.01. The molecule has 0 spiro atoms. The van der Waals surface area contributed by atoms with Gasteiger partial charge in [0.2, 0.25) is 0 Å². The number of carbonyl (C=O) groups is 1. The topological polar surface area (TPSA) is 26.3 Å². The lowest BCUT2D eigenvalue weighted by Crippen LogP contribution is -2.16. The van der Waals surface area contributed by atoms with Crippen LogP contribution in [0.4, 0.5) is 0 Å². The Kier molecular flexibility index (Phi) is 5.03. The molecule has 2 unspecified atom stereocenters. The number of carbonyl (C=O) groups excluding carboxylic acids is 1. The van der Waals surface area contributed by atoms with Crippen molar-refractivity contribution in [3.8, 4) is 0 Å². The summed E-state index contributed by atoms with van der Waals surface area (Å²) in [4.78, 5) is 11.7. The van der Waals surface area contributed by atoms with Gasteiger partial charge < -0.3 is 4.74 Å². The van der Waals surface area contributed by atoms with E-state index in [0.717, 1.165) is 12.0 Å². The molecule has 88 valence electrons. The molecule has 0 radical (unpaired) electrons. The van der Waals surface area contributed by atoms with Gasteiger partial charge in [-0.3, -0.25) is 4.79 Å². The minimum absolute atomic E-state index is 0.133. The van der Waals surface area contributed by atoms with Crippen molar-refractivity contribution < 1.29 is 9.53 Å². The highest BCUT2D eigenvalue weighted by Crippen LogP contribution is 2.16. The first-order valence-electron chi connectivity index (χ1n) is 5.86. The van der Waals surface area contributed by atoms with Crippen molar-refractivity contribution in [3.05, 3.63) is 35.9 Å². The summed E-state index contributed by atoms with van der Waals surface area (Å²) in [6.45, 7) is 6.58. The average Bonchev–Trinajstić information content (AvgIpc) is 2.35. The molecule has 0 amide bonds. The summed E-state index contributed by atoms with van der Waals surface area (Å²) >= 11 is 0. The molecule has 1 aromatic carbocycles. The van der Waals surface area contributed by atoms with Crippen molar-refractivity contribution >= 4 is 5.97 Å². The highest BCUT2D eigenvalue weighted by atomic mass is 16.5. The Bertz CT molecular complexity index is 319. The summed E-state index contributed by atoms with van der Waals surface area (Å²) in [6.07, 6.45) is 1.03. The number of benzene rings is 1. The number of rotatable bonds is 5. The van der Waals surface area contributed by atoms with Gasteiger partial charge in [-0.1, -0.05) is 50.6 Å². The van der Waals surface area contributed by atoms with E-state index in [4.69, 9.17) is 4.74 Å². The van der Waals surface area contributed by atoms with Crippen LogP contribution in [0.3, 0.4) is 0 Å². The molecule has 0 saturated heterocycles. The number of hydrogen-bond donors (Lipinski definition) is 0. The third-order valence-corrected chi connectivity index (χ3v) is 2.86. The second kappa shape index (κ2) is 6.31. The summed E-state index contributed by atoms with van der Waals surface area (Å²) in [7, 11) is 0. The third-order valence-electron chi connectivity index (χ3n) is 2.86. The van der Waals surface area contributed by atoms with Crippen LogP contribution in [0.25, 0.3) is 0 Å². The Morgan fingerprint density at radius 3 is 2.44 bits per heavy atom. The van der Waals surface area contributed by atoms with Gasteiger partial charge in [-0.05, 0) is 18.4 Å². The maximum Gasteiger partial charge on any atom is 0.313 e. The van der Waals surface area contributed by atoms with Crippen molar-refractivity contribution in [1.29, 1.82) is 0 Å². The molecule has 2 nitrogen and oxygen atoms in total. The van der Waals surface area contributed by atoms with Crippen LogP contribution in [0.15, 0.2) is 30.3 Å². The molecule has 0 N–H and O–H groups in total. The molecule has 1 rings (SSSR count). The van der Waals surface area contributed by atoms with E-state index in [-0.39, 0.29) is 11.9 Å². The maximum atomic E-state index is 11.7. The van der Waals surface area contributed by atoms with Gasteiger partial charge in [0.25, 0.3) is 0 Å². The van der Waals surface area contributed by atoms with Gasteiger partial charge >= 0.3 is 5.97 Å². The van der Waals surface area contributed by atoms with Gasteiger partial charge in [0.15, 0.2) is 0 Å². The molecule has 0 fully saturated rings. The summed E-state index contributed by atoms with van der Waals surface area (Å²) in [6, 6.07) is 9.73. The number of esters is 1. The molecule has 0 aliphatic carbocycles. The number of ether oxygens (including phenoxy) is 1. The maximum absolute atomic E-state index is 11.7. The molecule has 2 heteroatoms. The van der Waals surface area contributed by atoms with Gasteiger partial charge in [-0.25, -0.2) is 0 Å². The first-order valence-corrected chi connectivity index (χ1v) is 5.86. The zero-order valence-corrected chi connectivity index (χ0v) is 10.3. The molecule has 2 atom stereocenters. The SMILES string of the molecule is CCC(C)COC(=O)C(C)c1ccccc1. The minimum atomic E-state index is -0.176. The summed E-state index contributed by atoms with van der Waals surface area (Å²) < 4.78 is 5.27. The van der Waals surface area contributed by atoms with Crippen LogP contribution in [0, 0.1) is 5.92 Å². The molecule has 0 aliphatic heterocycles. The second-order valence-corrected chi connectivity index (χ2v) is 4.28. The first-order chi connectivity index (χ1) is 7.65. The van der Waals surface area contributed by atoms with E-state index >= 15 is 0 Å². The molecule has 16 heavy (non-hydrogen) atoms. The second-order valence-electron chi connectivity index (χ2n) is 4.28. The zero-order chi connectivity index (χ0) is 12.0. The van der Waals surface area contributed by atoms with Gasteiger partial charge in [0, 0.05) is 0 Å². The molecular formula is C14H20O2. The van der Waals surface area contributed by atoms with Crippen LogP contribution in [0.2, 0.25) is 0 Å². The monoisotopic (exact) mass is 220 g/mol. The fourth-order valence-corrected chi connectivity index (χ4v) is 1.35. The Balaban J connectivity index is 2.49. The van der Waals surface area contributed by atoms with Gasteiger partial charge in [-0.15, -0.1) is 0 Å². The third kappa shape index (κ3) is 3.69. The molecule has 0 aromatic heterocycles. The summed E-state index contributed by atoms with van der Waals surface area (Å²) in [5.74, 6) is 0.128.